The molecule has 23 heavy (non-hydrogen) atoms. The van der Waals surface area contributed by atoms with Crippen LogP contribution in [0.3, 0.4) is 0 Å². The van der Waals surface area contributed by atoms with Gasteiger partial charge in [-0.3, -0.25) is 14.9 Å². The number of aromatic nitrogens is 4. The molecule has 0 fully saturated rings. The van der Waals surface area contributed by atoms with Gasteiger partial charge in [-0.1, -0.05) is 18.2 Å². The minimum atomic E-state index is 0.533. The Hall–Kier alpha value is -2.86. The van der Waals surface area contributed by atoms with Crippen LogP contribution in [0.5, 0.6) is 0 Å². The highest BCUT2D eigenvalue weighted by Gasteiger charge is 2.09. The molecule has 0 bridgehead atoms. The first-order valence-electron chi connectivity index (χ1n) is 7.38. The molecular formula is C17H17N5O. The van der Waals surface area contributed by atoms with Crippen molar-refractivity contribution in [2.75, 3.05) is 13.6 Å². The number of aromatic amines is 1. The number of aldehydes is 1. The number of nitrogens with one attached hydrogen (secondary N) is 2. The Kier molecular flexibility index (Phi) is 4.54. The Labute approximate surface area is 134 Å². The van der Waals surface area contributed by atoms with E-state index in [2.05, 4.69) is 37.6 Å². The lowest BCUT2D eigenvalue weighted by Gasteiger charge is -2.02. The molecular weight excluding hydrogens is 290 g/mol. The predicted molar refractivity (Wildman–Crippen MR) is 88.1 cm³/mol. The van der Waals surface area contributed by atoms with Crippen LogP contribution in [0, 0.1) is 0 Å². The molecule has 0 unspecified atom stereocenters. The standard InChI is InChI=1S/C17H17N5O/c1-18-8-7-12-3-2-4-14(9-12)16-20-17(22-21-16)15-6-5-13(11-23)10-19-15/h2-6,9-11,18H,7-8H2,1H3,(H,20,21,22). The molecule has 0 amide bonds. The molecule has 2 heterocycles. The van der Waals surface area contributed by atoms with Gasteiger partial charge in [0.15, 0.2) is 17.9 Å². The molecule has 0 aliphatic rings. The minimum Gasteiger partial charge on any atom is -0.319 e. The van der Waals surface area contributed by atoms with Gasteiger partial charge in [-0.25, -0.2) is 4.98 Å². The molecule has 116 valence electrons. The number of H-pyrrole nitrogens is 1. The second-order valence-electron chi connectivity index (χ2n) is 5.16. The van der Waals surface area contributed by atoms with Crippen LogP contribution in [0.1, 0.15) is 15.9 Å². The van der Waals surface area contributed by atoms with Gasteiger partial charge in [-0.05, 0) is 43.8 Å². The summed E-state index contributed by atoms with van der Waals surface area (Å²) in [6.07, 6.45) is 3.23. The van der Waals surface area contributed by atoms with Crippen LogP contribution in [0.15, 0.2) is 42.6 Å². The topological polar surface area (TPSA) is 83.6 Å². The highest BCUT2D eigenvalue weighted by Crippen LogP contribution is 2.20. The average molecular weight is 307 g/mol. The van der Waals surface area contributed by atoms with Crippen molar-refractivity contribution in [3.63, 3.8) is 0 Å². The molecule has 0 aliphatic carbocycles. The number of likely N-dealkylation sites (N-methyl/N-ethyl adjacent to an activating group) is 1. The zero-order chi connectivity index (χ0) is 16.1. The molecule has 0 saturated carbocycles. The number of hydrogen-bond donors (Lipinski definition) is 2. The first-order valence-corrected chi connectivity index (χ1v) is 7.38. The van der Waals surface area contributed by atoms with E-state index in [1.807, 2.05) is 19.2 Å². The van der Waals surface area contributed by atoms with Gasteiger partial charge >= 0.3 is 0 Å². The first kappa shape index (κ1) is 15.1. The van der Waals surface area contributed by atoms with Gasteiger partial charge in [0.25, 0.3) is 0 Å². The van der Waals surface area contributed by atoms with Crippen molar-refractivity contribution >= 4 is 6.29 Å². The monoisotopic (exact) mass is 307 g/mol. The summed E-state index contributed by atoms with van der Waals surface area (Å²) in [4.78, 5) is 19.4. The number of pyridine rings is 1. The van der Waals surface area contributed by atoms with Crippen LogP contribution in [-0.4, -0.2) is 40.0 Å². The van der Waals surface area contributed by atoms with Gasteiger partial charge in [0.05, 0.1) is 0 Å². The SMILES string of the molecule is CNCCc1cccc(-c2n[nH]c(-c3ccc(C=O)cn3)n2)c1. The lowest BCUT2D eigenvalue weighted by molar-refractivity contribution is 0.112. The summed E-state index contributed by atoms with van der Waals surface area (Å²) < 4.78 is 0. The van der Waals surface area contributed by atoms with Crippen molar-refractivity contribution in [2.24, 2.45) is 0 Å². The third kappa shape index (κ3) is 3.49. The molecule has 3 aromatic rings. The van der Waals surface area contributed by atoms with E-state index in [0.29, 0.717) is 22.9 Å². The zero-order valence-corrected chi connectivity index (χ0v) is 12.8. The fourth-order valence-electron chi connectivity index (χ4n) is 2.26. The van der Waals surface area contributed by atoms with E-state index in [1.54, 1.807) is 12.1 Å². The highest BCUT2D eigenvalue weighted by molar-refractivity contribution is 5.74. The largest absolute Gasteiger partial charge is 0.319 e. The Morgan fingerprint density at radius 3 is 2.91 bits per heavy atom. The third-order valence-corrected chi connectivity index (χ3v) is 3.50. The summed E-state index contributed by atoms with van der Waals surface area (Å²) in [5.41, 5.74) is 3.38. The van der Waals surface area contributed by atoms with Crippen molar-refractivity contribution in [1.82, 2.24) is 25.5 Å². The number of carbonyl (C=O) groups excluding carboxylic acids is 1. The fourth-order valence-corrected chi connectivity index (χ4v) is 2.26. The van der Waals surface area contributed by atoms with Crippen molar-refractivity contribution in [1.29, 1.82) is 0 Å². The van der Waals surface area contributed by atoms with Crippen LogP contribution >= 0.6 is 0 Å². The average Bonchev–Trinajstić information content (AvgIpc) is 3.10. The van der Waals surface area contributed by atoms with E-state index in [4.69, 9.17) is 0 Å². The second kappa shape index (κ2) is 6.93. The highest BCUT2D eigenvalue weighted by atomic mass is 16.1. The van der Waals surface area contributed by atoms with Crippen LogP contribution in [0.25, 0.3) is 22.9 Å². The summed E-state index contributed by atoms with van der Waals surface area (Å²) in [5.74, 6) is 1.21. The van der Waals surface area contributed by atoms with E-state index in [-0.39, 0.29) is 0 Å². The van der Waals surface area contributed by atoms with Crippen molar-refractivity contribution in [3.05, 3.63) is 53.7 Å². The summed E-state index contributed by atoms with van der Waals surface area (Å²) in [5, 5.41) is 10.3. The van der Waals surface area contributed by atoms with E-state index < -0.39 is 0 Å². The number of rotatable bonds is 6. The normalized spacial score (nSPS) is 10.7. The van der Waals surface area contributed by atoms with Crippen LogP contribution in [-0.2, 0) is 6.42 Å². The number of nitrogens with zero attached hydrogens (tertiary/aromatic N) is 3. The maximum Gasteiger partial charge on any atom is 0.181 e. The Balaban J connectivity index is 1.84. The summed E-state index contributed by atoms with van der Waals surface area (Å²) in [6.45, 7) is 0.926. The van der Waals surface area contributed by atoms with E-state index >= 15 is 0 Å². The molecule has 2 aromatic heterocycles. The Morgan fingerprint density at radius 1 is 1.26 bits per heavy atom. The lowest BCUT2D eigenvalue weighted by Crippen LogP contribution is -2.10. The summed E-state index contributed by atoms with van der Waals surface area (Å²) in [6, 6.07) is 11.6. The third-order valence-electron chi connectivity index (χ3n) is 3.50. The fraction of sp³-hybridized carbons (Fsp3) is 0.176. The van der Waals surface area contributed by atoms with Gasteiger partial charge in [0.2, 0.25) is 0 Å². The quantitative estimate of drug-likeness (QED) is 0.681. The molecule has 0 atom stereocenters. The molecule has 0 spiro atoms. The van der Waals surface area contributed by atoms with Gasteiger partial charge < -0.3 is 5.32 Å². The van der Waals surface area contributed by atoms with Crippen LogP contribution in [0.2, 0.25) is 0 Å². The first-order chi connectivity index (χ1) is 11.3. The lowest BCUT2D eigenvalue weighted by atomic mass is 10.1. The molecule has 1 aromatic carbocycles. The number of benzene rings is 1. The summed E-state index contributed by atoms with van der Waals surface area (Å²) >= 11 is 0. The molecule has 0 radical (unpaired) electrons. The number of carbonyl (C=O) groups is 1. The van der Waals surface area contributed by atoms with E-state index in [9.17, 15) is 4.79 Å². The van der Waals surface area contributed by atoms with Crippen LogP contribution in [0.4, 0.5) is 0 Å². The van der Waals surface area contributed by atoms with Gasteiger partial charge in [0.1, 0.15) is 5.69 Å². The van der Waals surface area contributed by atoms with Crippen molar-refractivity contribution in [2.45, 2.75) is 6.42 Å². The molecule has 3 rings (SSSR count). The van der Waals surface area contributed by atoms with Gasteiger partial charge in [-0.2, -0.15) is 5.10 Å². The maximum absolute atomic E-state index is 10.7. The van der Waals surface area contributed by atoms with Crippen molar-refractivity contribution < 1.29 is 4.79 Å². The Bertz CT molecular complexity index is 795. The maximum atomic E-state index is 10.7. The minimum absolute atomic E-state index is 0.533. The molecule has 6 heteroatoms. The second-order valence-corrected chi connectivity index (χ2v) is 5.16. The van der Waals surface area contributed by atoms with E-state index in [0.717, 1.165) is 24.8 Å². The zero-order valence-electron chi connectivity index (χ0n) is 12.8. The van der Waals surface area contributed by atoms with E-state index in [1.165, 1.54) is 11.8 Å². The predicted octanol–water partition coefficient (Wildman–Crippen LogP) is 2.11. The van der Waals surface area contributed by atoms with Crippen molar-refractivity contribution in [3.8, 4) is 22.9 Å². The molecule has 0 aliphatic heterocycles. The number of hydrogen-bond acceptors (Lipinski definition) is 5. The van der Waals surface area contributed by atoms with Crippen LogP contribution < -0.4 is 5.32 Å². The van der Waals surface area contributed by atoms with Gasteiger partial charge in [-0.15, -0.1) is 0 Å². The molecule has 2 N–H and O–H groups in total. The van der Waals surface area contributed by atoms with Gasteiger partial charge in [0, 0.05) is 17.3 Å². The smallest absolute Gasteiger partial charge is 0.181 e. The molecule has 6 nitrogen and oxygen atoms in total. The molecule has 0 saturated heterocycles. The Morgan fingerprint density at radius 2 is 2.17 bits per heavy atom. The summed E-state index contributed by atoms with van der Waals surface area (Å²) in [7, 11) is 1.94.